The summed E-state index contributed by atoms with van der Waals surface area (Å²) in [6, 6.07) is 15.6. The molecular formula is C22H20N5O2S+. The lowest BCUT2D eigenvalue weighted by Gasteiger charge is -2.05. The molecule has 0 fully saturated rings. The van der Waals surface area contributed by atoms with E-state index in [9.17, 15) is 9.70 Å². The second kappa shape index (κ2) is 8.96. The average Bonchev–Trinajstić information content (AvgIpc) is 3.42. The summed E-state index contributed by atoms with van der Waals surface area (Å²) in [4.78, 5) is 22.5. The van der Waals surface area contributed by atoms with Crippen LogP contribution in [0.3, 0.4) is 0 Å². The summed E-state index contributed by atoms with van der Waals surface area (Å²) in [5.74, 6) is 0.481. The summed E-state index contributed by atoms with van der Waals surface area (Å²) in [6.45, 7) is 2.27. The van der Waals surface area contributed by atoms with Crippen LogP contribution in [0, 0.1) is 4.91 Å². The van der Waals surface area contributed by atoms with Crippen molar-refractivity contribution in [1.82, 2.24) is 5.10 Å². The van der Waals surface area contributed by atoms with Crippen molar-refractivity contribution in [3.05, 3.63) is 77.0 Å². The molecule has 7 nitrogen and oxygen atoms in total. The van der Waals surface area contributed by atoms with Crippen molar-refractivity contribution in [3.8, 4) is 11.1 Å². The normalized spacial score (nSPS) is 13.1. The van der Waals surface area contributed by atoms with Crippen molar-refractivity contribution in [3.63, 3.8) is 0 Å². The Morgan fingerprint density at radius 1 is 1.13 bits per heavy atom. The number of hydrogen-bond acceptors (Lipinski definition) is 6. The van der Waals surface area contributed by atoms with E-state index in [0.717, 1.165) is 34.0 Å². The van der Waals surface area contributed by atoms with Gasteiger partial charge in [-0.05, 0) is 35.9 Å². The van der Waals surface area contributed by atoms with Crippen molar-refractivity contribution in [1.29, 1.82) is 0 Å². The third kappa shape index (κ3) is 4.77. The molecule has 8 heteroatoms. The van der Waals surface area contributed by atoms with Crippen molar-refractivity contribution >= 4 is 34.0 Å². The predicted molar refractivity (Wildman–Crippen MR) is 119 cm³/mol. The van der Waals surface area contributed by atoms with Crippen LogP contribution in [0.5, 0.6) is 0 Å². The number of hydrogen-bond donors (Lipinski definition) is 1. The van der Waals surface area contributed by atoms with E-state index in [2.05, 4.69) is 32.6 Å². The van der Waals surface area contributed by atoms with Crippen molar-refractivity contribution in [2.75, 3.05) is 5.75 Å². The molecule has 2 aromatic carbocycles. The molecule has 30 heavy (non-hydrogen) atoms. The largest absolute Gasteiger partial charge is 0.299 e. The molecule has 1 aromatic heterocycles. The molecule has 0 unspecified atom stereocenters. The Labute approximate surface area is 177 Å². The van der Waals surface area contributed by atoms with Crippen LogP contribution in [0.4, 0.5) is 5.69 Å². The lowest BCUT2D eigenvalue weighted by molar-refractivity contribution is -0.742. The van der Waals surface area contributed by atoms with Crippen LogP contribution >= 0.6 is 11.8 Å². The minimum Gasteiger partial charge on any atom is -0.299 e. The van der Waals surface area contributed by atoms with Crippen LogP contribution < -0.4 is 4.68 Å². The molecule has 1 N–H and O–H groups in total. The standard InChI is InChI=1S/C22H19N5O2S/c1-15(28)14-30-22-10-21(24-25-22)18-7-17(8-20(9-18)26-29)19-11-23-27(13-19)12-16-5-3-2-4-6-16/h2-9,11,13H,10,12,14H2,1H3/p+1. The number of carbonyl (C=O) groups excluding carboxylic acids is 1. The van der Waals surface area contributed by atoms with E-state index in [4.69, 9.17) is 0 Å². The molecule has 1 aliphatic rings. The SMILES string of the molecule is CC(=O)CSC1=NN=C(c2cc(N=O)cc(-c3c[nH][n+](Cc4ccccc4)c3)c2)C1. The van der Waals surface area contributed by atoms with E-state index in [1.165, 1.54) is 17.3 Å². The van der Waals surface area contributed by atoms with Crippen molar-refractivity contribution in [2.45, 2.75) is 19.9 Å². The number of nitrogens with one attached hydrogen (secondary N) is 1. The summed E-state index contributed by atoms with van der Waals surface area (Å²) in [6.07, 6.45) is 4.44. The first kappa shape index (κ1) is 19.9. The number of carbonyl (C=O) groups is 1. The van der Waals surface area contributed by atoms with E-state index in [1.807, 2.05) is 41.3 Å². The van der Waals surface area contributed by atoms with Crippen LogP contribution in [0.2, 0.25) is 0 Å². The zero-order chi connectivity index (χ0) is 20.9. The molecule has 0 spiro atoms. The van der Waals surface area contributed by atoms with Gasteiger partial charge in [0.1, 0.15) is 16.5 Å². The fourth-order valence-corrected chi connectivity index (χ4v) is 3.88. The van der Waals surface area contributed by atoms with E-state index in [-0.39, 0.29) is 5.78 Å². The van der Waals surface area contributed by atoms with Gasteiger partial charge in [0.25, 0.3) is 0 Å². The smallest absolute Gasteiger partial charge is 0.203 e. The summed E-state index contributed by atoms with van der Waals surface area (Å²) in [5.41, 5.74) is 4.92. The number of aromatic nitrogens is 2. The fraction of sp³-hybridized carbons (Fsp3) is 0.182. The Bertz CT molecular complexity index is 1150. The Morgan fingerprint density at radius 2 is 1.93 bits per heavy atom. The number of Topliss-reactive ketones (excluding diaryl/α,β-unsaturated/α-hetero) is 1. The summed E-state index contributed by atoms with van der Waals surface area (Å²) in [7, 11) is 0. The van der Waals surface area contributed by atoms with Crippen LogP contribution in [-0.2, 0) is 11.3 Å². The van der Waals surface area contributed by atoms with Gasteiger partial charge in [-0.1, -0.05) is 30.3 Å². The average molecular weight is 419 g/mol. The molecular weight excluding hydrogens is 398 g/mol. The van der Waals surface area contributed by atoms with Gasteiger partial charge < -0.3 is 0 Å². The molecule has 4 rings (SSSR count). The molecule has 0 saturated carbocycles. The zero-order valence-corrected chi connectivity index (χ0v) is 17.2. The Morgan fingerprint density at radius 3 is 2.70 bits per heavy atom. The molecule has 2 heterocycles. The molecule has 1 aliphatic heterocycles. The molecule has 0 radical (unpaired) electrons. The monoisotopic (exact) mass is 418 g/mol. The van der Waals surface area contributed by atoms with Crippen LogP contribution in [0.1, 0.15) is 24.5 Å². The molecule has 0 atom stereocenters. The Kier molecular flexibility index (Phi) is 5.94. The van der Waals surface area contributed by atoms with E-state index in [1.54, 1.807) is 19.1 Å². The summed E-state index contributed by atoms with van der Waals surface area (Å²) >= 11 is 1.40. The second-order valence-corrected chi connectivity index (χ2v) is 8.09. The number of thioether (sulfide) groups is 1. The van der Waals surface area contributed by atoms with Gasteiger partial charge in [0.2, 0.25) is 6.20 Å². The second-order valence-electron chi connectivity index (χ2n) is 7.04. The maximum Gasteiger partial charge on any atom is 0.203 e. The topological polar surface area (TPSA) is 90.9 Å². The van der Waals surface area contributed by atoms with Gasteiger partial charge in [-0.25, -0.2) is 0 Å². The lowest BCUT2D eigenvalue weighted by Crippen LogP contribution is -2.35. The third-order valence-electron chi connectivity index (χ3n) is 4.61. The van der Waals surface area contributed by atoms with Crippen LogP contribution in [-0.4, -0.2) is 27.4 Å². The minimum absolute atomic E-state index is 0.0989. The molecule has 0 amide bonds. The molecule has 0 bridgehead atoms. The number of H-pyrrole nitrogens is 1. The lowest BCUT2D eigenvalue weighted by atomic mass is 10.0. The highest BCUT2D eigenvalue weighted by atomic mass is 32.2. The van der Waals surface area contributed by atoms with Gasteiger partial charge in [0, 0.05) is 17.5 Å². The first-order valence-corrected chi connectivity index (χ1v) is 10.5. The first-order chi connectivity index (χ1) is 14.6. The Hall–Kier alpha value is -3.39. The van der Waals surface area contributed by atoms with Gasteiger partial charge in [0.15, 0.2) is 6.54 Å². The molecule has 0 saturated heterocycles. The molecule has 0 aliphatic carbocycles. The maximum absolute atomic E-state index is 11.3. The van der Waals surface area contributed by atoms with Crippen molar-refractivity contribution in [2.24, 2.45) is 15.4 Å². The zero-order valence-electron chi connectivity index (χ0n) is 16.4. The number of nitroso groups, excluding NO2 is 1. The van der Waals surface area contributed by atoms with Crippen LogP contribution in [0.15, 0.2) is 76.3 Å². The van der Waals surface area contributed by atoms with Crippen molar-refractivity contribution < 1.29 is 9.48 Å². The first-order valence-electron chi connectivity index (χ1n) is 9.47. The number of ketones is 1. The number of rotatable bonds is 7. The van der Waals surface area contributed by atoms with E-state index >= 15 is 0 Å². The van der Waals surface area contributed by atoms with Gasteiger partial charge in [0.05, 0.1) is 23.2 Å². The summed E-state index contributed by atoms with van der Waals surface area (Å²) in [5, 5.41) is 15.6. The predicted octanol–water partition coefficient (Wildman–Crippen LogP) is 4.24. The number of aromatic amines is 1. The van der Waals surface area contributed by atoms with Gasteiger partial charge >= 0.3 is 0 Å². The fourth-order valence-electron chi connectivity index (χ4n) is 3.18. The number of benzene rings is 2. The van der Waals surface area contributed by atoms with E-state index in [0.29, 0.717) is 17.9 Å². The minimum atomic E-state index is 0.0989. The highest BCUT2D eigenvalue weighted by molar-refractivity contribution is 8.14. The number of nitrogens with zero attached hydrogens (tertiary/aromatic N) is 4. The van der Waals surface area contributed by atoms with Gasteiger partial charge in [-0.2, -0.15) is 10.2 Å². The Balaban J connectivity index is 1.54. The van der Waals surface area contributed by atoms with E-state index < -0.39 is 0 Å². The van der Waals surface area contributed by atoms with Gasteiger partial charge in [-0.3, -0.25) is 4.79 Å². The third-order valence-corrected chi connectivity index (χ3v) is 5.72. The van der Waals surface area contributed by atoms with Gasteiger partial charge in [-0.15, -0.1) is 26.5 Å². The maximum atomic E-state index is 11.3. The summed E-state index contributed by atoms with van der Waals surface area (Å²) < 4.78 is 1.98. The highest BCUT2D eigenvalue weighted by Crippen LogP contribution is 2.28. The quantitative estimate of drug-likeness (QED) is 0.459. The highest BCUT2D eigenvalue weighted by Gasteiger charge is 2.18. The molecule has 3 aromatic rings. The van der Waals surface area contributed by atoms with Crippen LogP contribution in [0.25, 0.3) is 11.1 Å². The molecule has 150 valence electrons.